The molecule has 1 aromatic heterocycles. The lowest BCUT2D eigenvalue weighted by molar-refractivity contribution is -0.121. The molecule has 2 heterocycles. The van der Waals surface area contributed by atoms with Crippen molar-refractivity contribution in [3.05, 3.63) is 132 Å². The monoisotopic (exact) mass is 559 g/mol. The molecule has 0 saturated carbocycles. The van der Waals surface area contributed by atoms with Crippen molar-refractivity contribution in [2.75, 3.05) is 39.4 Å². The number of nitrogens with one attached hydrogen (secondary N) is 1. The SMILES string of the molecule is O=C(CC(c1cccc(Oc2ccccc2)c1)c1cn(Cc2ccccc2)c2ccccc12)NCCN1CCOCC1. The molecule has 1 fully saturated rings. The Labute approximate surface area is 247 Å². The van der Waals surface area contributed by atoms with Crippen molar-refractivity contribution >= 4 is 16.8 Å². The molecule has 6 heteroatoms. The minimum atomic E-state index is -0.144. The van der Waals surface area contributed by atoms with Crippen LogP contribution in [0.4, 0.5) is 0 Å². The number of hydrogen-bond donors (Lipinski definition) is 1. The molecule has 42 heavy (non-hydrogen) atoms. The van der Waals surface area contributed by atoms with Gasteiger partial charge >= 0.3 is 0 Å². The first-order valence-electron chi connectivity index (χ1n) is 14.7. The molecule has 6 nitrogen and oxygen atoms in total. The zero-order chi connectivity index (χ0) is 28.6. The molecule has 1 aliphatic heterocycles. The van der Waals surface area contributed by atoms with Gasteiger partial charge in [-0.2, -0.15) is 0 Å². The average molecular weight is 560 g/mol. The van der Waals surface area contributed by atoms with E-state index in [1.54, 1.807) is 0 Å². The molecule has 1 atom stereocenters. The van der Waals surface area contributed by atoms with Crippen molar-refractivity contribution < 1.29 is 14.3 Å². The Kier molecular flexibility index (Phi) is 8.93. The van der Waals surface area contributed by atoms with E-state index in [1.807, 2.05) is 48.5 Å². The topological polar surface area (TPSA) is 55.7 Å². The third-order valence-corrected chi connectivity index (χ3v) is 7.87. The number of hydrogen-bond acceptors (Lipinski definition) is 4. The summed E-state index contributed by atoms with van der Waals surface area (Å²) in [6.45, 7) is 5.54. The maximum atomic E-state index is 13.5. The van der Waals surface area contributed by atoms with Crippen molar-refractivity contribution in [3.8, 4) is 11.5 Å². The van der Waals surface area contributed by atoms with E-state index in [0.717, 1.165) is 72.9 Å². The van der Waals surface area contributed by atoms with Crippen molar-refractivity contribution in [3.63, 3.8) is 0 Å². The van der Waals surface area contributed by atoms with Gasteiger partial charge < -0.3 is 19.4 Å². The second kappa shape index (κ2) is 13.5. The summed E-state index contributed by atoms with van der Waals surface area (Å²) >= 11 is 0. The first-order valence-corrected chi connectivity index (χ1v) is 14.7. The number of carbonyl (C=O) groups is 1. The van der Waals surface area contributed by atoms with Crippen LogP contribution in [0.1, 0.15) is 29.0 Å². The second-order valence-electron chi connectivity index (χ2n) is 10.8. The number of amides is 1. The number of carbonyl (C=O) groups excluding carboxylic acids is 1. The quantitative estimate of drug-likeness (QED) is 0.202. The van der Waals surface area contributed by atoms with Crippen LogP contribution in [0.3, 0.4) is 0 Å². The molecule has 1 saturated heterocycles. The lowest BCUT2D eigenvalue weighted by atomic mass is 9.88. The lowest BCUT2D eigenvalue weighted by Crippen LogP contribution is -2.41. The van der Waals surface area contributed by atoms with Crippen LogP contribution in [-0.2, 0) is 16.1 Å². The number of ether oxygens (including phenoxy) is 2. The maximum Gasteiger partial charge on any atom is 0.220 e. The molecule has 0 spiro atoms. The van der Waals surface area contributed by atoms with Gasteiger partial charge in [-0.1, -0.05) is 78.9 Å². The van der Waals surface area contributed by atoms with E-state index >= 15 is 0 Å². The van der Waals surface area contributed by atoms with E-state index in [0.29, 0.717) is 13.0 Å². The fourth-order valence-electron chi connectivity index (χ4n) is 5.73. The molecule has 0 aliphatic carbocycles. The summed E-state index contributed by atoms with van der Waals surface area (Å²) in [4.78, 5) is 15.8. The second-order valence-corrected chi connectivity index (χ2v) is 10.8. The Balaban J connectivity index is 1.30. The summed E-state index contributed by atoms with van der Waals surface area (Å²) in [5.74, 6) is 1.44. The van der Waals surface area contributed by atoms with Crippen LogP contribution >= 0.6 is 0 Å². The summed E-state index contributed by atoms with van der Waals surface area (Å²) < 4.78 is 13.9. The predicted octanol–water partition coefficient (Wildman–Crippen LogP) is 6.45. The third-order valence-electron chi connectivity index (χ3n) is 7.87. The molecule has 4 aromatic carbocycles. The van der Waals surface area contributed by atoms with Gasteiger partial charge in [-0.15, -0.1) is 0 Å². The molecule has 1 N–H and O–H groups in total. The van der Waals surface area contributed by atoms with Crippen LogP contribution in [-0.4, -0.2) is 54.8 Å². The van der Waals surface area contributed by atoms with E-state index in [9.17, 15) is 4.79 Å². The Hall–Kier alpha value is -4.39. The van der Waals surface area contributed by atoms with Gasteiger partial charge in [0.05, 0.1) is 13.2 Å². The number of morpholine rings is 1. The molecule has 1 unspecified atom stereocenters. The highest BCUT2D eigenvalue weighted by atomic mass is 16.5. The van der Waals surface area contributed by atoms with Crippen LogP contribution in [0.5, 0.6) is 11.5 Å². The molecule has 0 bridgehead atoms. The van der Waals surface area contributed by atoms with Crippen LogP contribution < -0.4 is 10.1 Å². The minimum Gasteiger partial charge on any atom is -0.457 e. The van der Waals surface area contributed by atoms with E-state index in [-0.39, 0.29) is 11.8 Å². The van der Waals surface area contributed by atoms with Crippen LogP contribution in [0, 0.1) is 0 Å². The molecule has 1 amide bonds. The molecule has 0 radical (unpaired) electrons. The van der Waals surface area contributed by atoms with Crippen molar-refractivity contribution in [2.24, 2.45) is 0 Å². The number of aromatic nitrogens is 1. The number of rotatable bonds is 11. The fourth-order valence-corrected chi connectivity index (χ4v) is 5.73. The molecule has 1 aliphatic rings. The fraction of sp³-hybridized carbons (Fsp3) is 0.250. The first-order chi connectivity index (χ1) is 20.7. The molecule has 214 valence electrons. The van der Waals surface area contributed by atoms with Gasteiger partial charge in [0.25, 0.3) is 0 Å². The minimum absolute atomic E-state index is 0.0440. The van der Waals surface area contributed by atoms with E-state index in [1.165, 1.54) is 5.56 Å². The molecule has 6 rings (SSSR count). The highest BCUT2D eigenvalue weighted by molar-refractivity contribution is 5.87. The van der Waals surface area contributed by atoms with Crippen LogP contribution in [0.25, 0.3) is 10.9 Å². The van der Waals surface area contributed by atoms with Gasteiger partial charge in [0, 0.05) is 62.2 Å². The van der Waals surface area contributed by atoms with Gasteiger partial charge in [-0.3, -0.25) is 9.69 Å². The molecular formula is C36H37N3O3. The van der Waals surface area contributed by atoms with Crippen LogP contribution in [0.2, 0.25) is 0 Å². The van der Waals surface area contributed by atoms with Crippen molar-refractivity contribution in [1.29, 1.82) is 0 Å². The summed E-state index contributed by atoms with van der Waals surface area (Å²) in [6, 6.07) is 36.9. The normalized spacial score (nSPS) is 14.5. The van der Waals surface area contributed by atoms with Crippen molar-refractivity contribution in [1.82, 2.24) is 14.8 Å². The van der Waals surface area contributed by atoms with E-state index in [4.69, 9.17) is 9.47 Å². The largest absolute Gasteiger partial charge is 0.457 e. The van der Waals surface area contributed by atoms with Crippen molar-refractivity contribution in [2.45, 2.75) is 18.9 Å². The average Bonchev–Trinajstić information content (AvgIpc) is 3.39. The summed E-state index contributed by atoms with van der Waals surface area (Å²) in [7, 11) is 0. The van der Waals surface area contributed by atoms with Gasteiger partial charge in [0.1, 0.15) is 11.5 Å². The van der Waals surface area contributed by atoms with Gasteiger partial charge in [0.15, 0.2) is 0 Å². The summed E-state index contributed by atoms with van der Waals surface area (Å²) in [5.41, 5.74) is 4.59. The number of nitrogens with zero attached hydrogens (tertiary/aromatic N) is 2. The Morgan fingerprint density at radius 1 is 0.833 bits per heavy atom. The molecule has 5 aromatic rings. The Morgan fingerprint density at radius 3 is 2.36 bits per heavy atom. The zero-order valence-electron chi connectivity index (χ0n) is 23.8. The third kappa shape index (κ3) is 6.90. The smallest absolute Gasteiger partial charge is 0.220 e. The predicted molar refractivity (Wildman–Crippen MR) is 167 cm³/mol. The van der Waals surface area contributed by atoms with Gasteiger partial charge in [-0.25, -0.2) is 0 Å². The highest BCUT2D eigenvalue weighted by Gasteiger charge is 2.24. The zero-order valence-corrected chi connectivity index (χ0v) is 23.8. The Morgan fingerprint density at radius 2 is 1.55 bits per heavy atom. The highest BCUT2D eigenvalue weighted by Crippen LogP contribution is 2.37. The molecular weight excluding hydrogens is 522 g/mol. The Bertz CT molecular complexity index is 1590. The number of benzene rings is 4. The van der Waals surface area contributed by atoms with E-state index in [2.05, 4.69) is 81.6 Å². The van der Waals surface area contributed by atoms with Gasteiger partial charge in [-0.05, 0) is 47.0 Å². The number of fused-ring (bicyclic) bond motifs is 1. The summed E-state index contributed by atoms with van der Waals surface area (Å²) in [5, 5.41) is 4.35. The lowest BCUT2D eigenvalue weighted by Gasteiger charge is -2.26. The van der Waals surface area contributed by atoms with Crippen LogP contribution in [0.15, 0.2) is 115 Å². The van der Waals surface area contributed by atoms with Gasteiger partial charge in [0.2, 0.25) is 5.91 Å². The summed E-state index contributed by atoms with van der Waals surface area (Å²) in [6.07, 6.45) is 2.57. The standard InChI is InChI=1S/C36H37N3O3/c40-36(37-18-19-38-20-22-41-23-21-38)25-33(29-12-9-15-31(24-29)42-30-13-5-2-6-14-30)34-27-39(26-28-10-3-1-4-11-28)35-17-8-7-16-32(34)35/h1-17,24,27,33H,18-23,25-26H2,(H,37,40). The first kappa shape index (κ1) is 27.8. The number of para-hydroxylation sites is 2. The van der Waals surface area contributed by atoms with E-state index < -0.39 is 0 Å². The maximum absolute atomic E-state index is 13.5.